The average Bonchev–Trinajstić information content (AvgIpc) is 3.30. The first-order chi connectivity index (χ1) is 17.5. The Morgan fingerprint density at radius 2 is 1.83 bits per heavy atom. The summed E-state index contributed by atoms with van der Waals surface area (Å²) in [6.45, 7) is 0.0326. The normalized spacial score (nSPS) is 12.3. The molecule has 0 aliphatic carbocycles. The molecule has 0 radical (unpaired) electrons. The highest BCUT2D eigenvalue weighted by Crippen LogP contribution is 2.40. The maximum atomic E-state index is 13.5. The molecule has 1 atom stereocenters. The van der Waals surface area contributed by atoms with Crippen LogP contribution in [0.15, 0.2) is 78.9 Å². The zero-order valence-electron chi connectivity index (χ0n) is 18.6. The van der Waals surface area contributed by atoms with Gasteiger partial charge in [0.25, 0.3) is 5.69 Å². The van der Waals surface area contributed by atoms with E-state index in [9.17, 15) is 25.0 Å². The molecule has 176 valence electrons. The van der Waals surface area contributed by atoms with Gasteiger partial charge in [0.2, 0.25) is 11.7 Å². The van der Waals surface area contributed by atoms with Crippen LogP contribution in [0.4, 0.5) is 11.4 Å². The number of nitriles is 1. The molecular weight excluding hydrogens is 462 g/mol. The second-order valence-electron chi connectivity index (χ2n) is 7.93. The Kier molecular flexibility index (Phi) is 5.72. The van der Waals surface area contributed by atoms with E-state index in [0.29, 0.717) is 22.7 Å². The first kappa shape index (κ1) is 22.5. The fraction of sp³-hybridized carbons (Fsp3) is 0.0769. The lowest BCUT2D eigenvalue weighted by molar-refractivity contribution is -0.384. The van der Waals surface area contributed by atoms with Gasteiger partial charge in [-0.2, -0.15) is 10.4 Å². The van der Waals surface area contributed by atoms with Crippen LogP contribution in [0.5, 0.6) is 5.75 Å². The van der Waals surface area contributed by atoms with Crippen molar-refractivity contribution in [3.63, 3.8) is 0 Å². The minimum atomic E-state index is -1.73. The van der Waals surface area contributed by atoms with E-state index in [-0.39, 0.29) is 23.7 Å². The van der Waals surface area contributed by atoms with Crippen LogP contribution in [0.25, 0.3) is 16.9 Å². The number of aromatic nitrogens is 2. The van der Waals surface area contributed by atoms with E-state index in [4.69, 9.17) is 4.74 Å². The van der Waals surface area contributed by atoms with Crippen molar-refractivity contribution in [3.05, 3.63) is 100 Å². The number of non-ortho nitro benzene ring substituents is 1. The van der Waals surface area contributed by atoms with Crippen LogP contribution < -0.4 is 10.1 Å². The molecule has 4 aromatic rings. The number of anilines is 1. The maximum absolute atomic E-state index is 13.5. The molecule has 1 aliphatic heterocycles. The van der Waals surface area contributed by atoms with Crippen LogP contribution >= 0.6 is 0 Å². The number of nitrogens with zero attached hydrogens (tertiary/aromatic N) is 4. The van der Waals surface area contributed by atoms with E-state index in [2.05, 4.69) is 10.4 Å². The second kappa shape index (κ2) is 9.15. The number of hydrogen-bond donors (Lipinski definition) is 1. The van der Waals surface area contributed by atoms with Gasteiger partial charge in [-0.1, -0.05) is 36.4 Å². The summed E-state index contributed by atoms with van der Waals surface area (Å²) in [5, 5.41) is 27.7. The molecule has 10 nitrogen and oxygen atoms in total. The second-order valence-corrected chi connectivity index (χ2v) is 7.93. The summed E-state index contributed by atoms with van der Waals surface area (Å²) in [5.41, 5.74) is 2.33. The number of carbonyl (C=O) groups excluding carboxylic acids is 2. The fourth-order valence-electron chi connectivity index (χ4n) is 4.04. The van der Waals surface area contributed by atoms with Gasteiger partial charge >= 0.3 is 0 Å². The van der Waals surface area contributed by atoms with Gasteiger partial charge < -0.3 is 10.1 Å². The first-order valence-electron chi connectivity index (χ1n) is 10.9. The molecule has 10 heteroatoms. The number of hydrogen-bond acceptors (Lipinski definition) is 7. The van der Waals surface area contributed by atoms with Crippen LogP contribution in [-0.4, -0.2) is 26.4 Å². The topological polar surface area (TPSA) is 140 Å². The third-order valence-electron chi connectivity index (χ3n) is 5.71. The van der Waals surface area contributed by atoms with Gasteiger partial charge in [-0.15, -0.1) is 0 Å². The molecular formula is C26H17N5O5. The van der Waals surface area contributed by atoms with E-state index in [0.717, 1.165) is 11.6 Å². The molecule has 0 saturated carbocycles. The number of benzene rings is 3. The maximum Gasteiger partial charge on any atom is 0.271 e. The van der Waals surface area contributed by atoms with E-state index in [1.165, 1.54) is 18.2 Å². The van der Waals surface area contributed by atoms with Gasteiger partial charge in [0.1, 0.15) is 18.1 Å². The Morgan fingerprint density at radius 3 is 2.58 bits per heavy atom. The summed E-state index contributed by atoms with van der Waals surface area (Å²) >= 11 is 0. The molecule has 3 aromatic carbocycles. The molecule has 2 heterocycles. The minimum Gasteiger partial charge on any atom is -0.488 e. The Morgan fingerprint density at radius 1 is 1.08 bits per heavy atom. The Labute approximate surface area is 204 Å². The zero-order chi connectivity index (χ0) is 25.2. The quantitative estimate of drug-likeness (QED) is 0.188. The number of nitrogens with one attached hydrogen (secondary N) is 1. The van der Waals surface area contributed by atoms with Gasteiger partial charge in [-0.05, 0) is 30.3 Å². The molecule has 1 unspecified atom stereocenters. The summed E-state index contributed by atoms with van der Waals surface area (Å²) in [7, 11) is 0. The largest absolute Gasteiger partial charge is 0.488 e. The standard InChI is InChI=1S/C26H17N5O5/c27-14-20(26(33)28-16-7-6-10-18(13-16)31(34)35)25(32)23-21-15-36-22-12-5-4-11-19(22)24(21)30(29-23)17-8-2-1-3-9-17/h1-13,20H,15H2,(H,28,33). The summed E-state index contributed by atoms with van der Waals surface area (Å²) < 4.78 is 7.45. The molecule has 0 fully saturated rings. The summed E-state index contributed by atoms with van der Waals surface area (Å²) in [5.74, 6) is -2.82. The van der Waals surface area contributed by atoms with Crippen molar-refractivity contribution in [1.29, 1.82) is 5.26 Å². The molecule has 0 spiro atoms. The highest BCUT2D eigenvalue weighted by molar-refractivity contribution is 6.16. The number of Topliss-reactive ketones (excluding diaryl/α,β-unsaturated/α-hetero) is 1. The number of fused-ring (bicyclic) bond motifs is 3. The minimum absolute atomic E-state index is 0.0326. The average molecular weight is 479 g/mol. The summed E-state index contributed by atoms with van der Waals surface area (Å²) in [6.07, 6.45) is 0. The molecule has 0 saturated heterocycles. The number of para-hydroxylation sites is 2. The van der Waals surface area contributed by atoms with E-state index >= 15 is 0 Å². The number of nitro benzene ring substituents is 1. The first-order valence-corrected chi connectivity index (χ1v) is 10.9. The van der Waals surface area contributed by atoms with Crippen LogP contribution in [0, 0.1) is 27.4 Å². The Bertz CT molecular complexity index is 1550. The van der Waals surface area contributed by atoms with Crippen molar-refractivity contribution >= 4 is 23.1 Å². The van der Waals surface area contributed by atoms with Crippen molar-refractivity contribution in [1.82, 2.24) is 9.78 Å². The van der Waals surface area contributed by atoms with Crippen molar-refractivity contribution < 1.29 is 19.2 Å². The molecule has 1 aliphatic rings. The van der Waals surface area contributed by atoms with Crippen molar-refractivity contribution in [2.24, 2.45) is 5.92 Å². The van der Waals surface area contributed by atoms with Gasteiger partial charge in [-0.3, -0.25) is 19.7 Å². The predicted molar refractivity (Wildman–Crippen MR) is 128 cm³/mol. The van der Waals surface area contributed by atoms with E-state index in [1.807, 2.05) is 54.6 Å². The lowest BCUT2D eigenvalue weighted by Gasteiger charge is -2.19. The third-order valence-corrected chi connectivity index (χ3v) is 5.71. The zero-order valence-corrected chi connectivity index (χ0v) is 18.6. The lowest BCUT2D eigenvalue weighted by Crippen LogP contribution is -2.29. The van der Waals surface area contributed by atoms with Crippen LogP contribution in [0.1, 0.15) is 16.1 Å². The van der Waals surface area contributed by atoms with Gasteiger partial charge in [-0.25, -0.2) is 4.68 Å². The molecule has 36 heavy (non-hydrogen) atoms. The smallest absolute Gasteiger partial charge is 0.271 e. The molecule has 1 N–H and O–H groups in total. The number of rotatable bonds is 6. The van der Waals surface area contributed by atoms with Crippen molar-refractivity contribution in [3.8, 4) is 28.8 Å². The van der Waals surface area contributed by atoms with E-state index < -0.39 is 22.5 Å². The molecule has 1 amide bonds. The predicted octanol–water partition coefficient (Wildman–Crippen LogP) is 4.30. The molecule has 1 aromatic heterocycles. The van der Waals surface area contributed by atoms with Gasteiger partial charge in [0.15, 0.2) is 5.92 Å². The van der Waals surface area contributed by atoms with Crippen LogP contribution in [0.2, 0.25) is 0 Å². The highest BCUT2D eigenvalue weighted by Gasteiger charge is 2.36. The van der Waals surface area contributed by atoms with Crippen LogP contribution in [-0.2, 0) is 11.4 Å². The monoisotopic (exact) mass is 479 g/mol. The SMILES string of the molecule is N#CC(C(=O)Nc1cccc([N+](=O)[O-])c1)C(=O)c1nn(-c2ccccc2)c2c1COc1ccccc1-2. The number of amides is 1. The molecule has 0 bridgehead atoms. The van der Waals surface area contributed by atoms with Crippen molar-refractivity contribution in [2.45, 2.75) is 6.61 Å². The van der Waals surface area contributed by atoms with Gasteiger partial charge in [0, 0.05) is 28.9 Å². The lowest BCUT2D eigenvalue weighted by atomic mass is 9.96. The third kappa shape index (κ3) is 3.95. The highest BCUT2D eigenvalue weighted by atomic mass is 16.6. The number of nitro groups is 1. The summed E-state index contributed by atoms with van der Waals surface area (Å²) in [6, 6.07) is 23.5. The van der Waals surface area contributed by atoms with Crippen LogP contribution in [0.3, 0.4) is 0 Å². The van der Waals surface area contributed by atoms with E-state index in [1.54, 1.807) is 10.8 Å². The number of ether oxygens (including phenoxy) is 1. The molecule has 5 rings (SSSR count). The Hall–Kier alpha value is -5.30. The number of carbonyl (C=O) groups is 2. The van der Waals surface area contributed by atoms with Gasteiger partial charge in [0.05, 0.1) is 22.4 Å². The van der Waals surface area contributed by atoms with Crippen molar-refractivity contribution in [2.75, 3.05) is 5.32 Å². The summed E-state index contributed by atoms with van der Waals surface area (Å²) in [4.78, 5) is 36.8. The Balaban J connectivity index is 1.54. The fourth-order valence-corrected chi connectivity index (χ4v) is 4.04. The number of ketones is 1.